The molecule has 0 fully saturated rings. The Morgan fingerprint density at radius 1 is 1.36 bits per heavy atom. The second-order valence-electron chi connectivity index (χ2n) is 2.16. The Bertz CT molecular complexity index is 394. The van der Waals surface area contributed by atoms with Crippen LogP contribution in [0.1, 0.15) is 0 Å². The molecule has 0 aromatic carbocycles. The molecule has 0 amide bonds. The van der Waals surface area contributed by atoms with Gasteiger partial charge in [-0.1, -0.05) is 23.2 Å². The smallest absolute Gasteiger partial charge is 0.0895 e. The van der Waals surface area contributed by atoms with Crippen molar-refractivity contribution in [2.24, 2.45) is 0 Å². The topological polar surface area (TPSA) is 28.7 Å². The minimum Gasteiger partial charge on any atom is -0.359 e. The van der Waals surface area contributed by atoms with Gasteiger partial charge in [-0.15, -0.1) is 0 Å². The van der Waals surface area contributed by atoms with E-state index in [1.165, 1.54) is 0 Å². The van der Waals surface area contributed by atoms with Gasteiger partial charge in [-0.05, 0) is 6.07 Å². The van der Waals surface area contributed by atoms with Crippen LogP contribution in [0.25, 0.3) is 11.0 Å². The lowest BCUT2D eigenvalue weighted by molar-refractivity contribution is 1.41. The number of fused-ring (bicyclic) bond motifs is 1. The van der Waals surface area contributed by atoms with E-state index in [1.807, 2.05) is 6.07 Å². The standard InChI is InChI=1S/C7H4Cl2N2/c8-4-3-11-5-1-2-10-7(5)6(4)9/h1-3,10H. The third-order valence-corrected chi connectivity index (χ3v) is 2.25. The number of rotatable bonds is 0. The minimum absolute atomic E-state index is 0.474. The van der Waals surface area contributed by atoms with Gasteiger partial charge in [-0.25, -0.2) is 0 Å². The van der Waals surface area contributed by atoms with Crippen LogP contribution < -0.4 is 0 Å². The maximum absolute atomic E-state index is 5.86. The van der Waals surface area contributed by atoms with Gasteiger partial charge in [0.2, 0.25) is 0 Å². The summed E-state index contributed by atoms with van der Waals surface area (Å²) in [4.78, 5) is 7.00. The molecule has 0 aliphatic heterocycles. The fraction of sp³-hybridized carbons (Fsp3) is 0. The third-order valence-electron chi connectivity index (χ3n) is 1.47. The Hall–Kier alpha value is -0.730. The van der Waals surface area contributed by atoms with Gasteiger partial charge in [0.25, 0.3) is 0 Å². The second-order valence-corrected chi connectivity index (χ2v) is 2.94. The van der Waals surface area contributed by atoms with Crippen LogP contribution in [-0.4, -0.2) is 9.97 Å². The summed E-state index contributed by atoms with van der Waals surface area (Å²) in [5.74, 6) is 0. The molecule has 2 aromatic rings. The van der Waals surface area contributed by atoms with Gasteiger partial charge in [0, 0.05) is 12.4 Å². The highest BCUT2D eigenvalue weighted by Gasteiger charge is 2.04. The maximum atomic E-state index is 5.86. The Morgan fingerprint density at radius 2 is 2.18 bits per heavy atom. The lowest BCUT2D eigenvalue weighted by Crippen LogP contribution is -1.76. The van der Waals surface area contributed by atoms with Crippen molar-refractivity contribution < 1.29 is 0 Å². The van der Waals surface area contributed by atoms with Gasteiger partial charge in [0.1, 0.15) is 0 Å². The normalized spacial score (nSPS) is 10.7. The first kappa shape index (κ1) is 6.95. The number of nitrogens with one attached hydrogen (secondary N) is 1. The minimum atomic E-state index is 0.474. The van der Waals surface area contributed by atoms with Crippen molar-refractivity contribution in [1.82, 2.24) is 9.97 Å². The molecule has 0 aliphatic carbocycles. The van der Waals surface area contributed by atoms with E-state index in [0.717, 1.165) is 11.0 Å². The Labute approximate surface area is 73.1 Å². The molecule has 0 spiro atoms. The van der Waals surface area contributed by atoms with E-state index in [0.29, 0.717) is 10.0 Å². The van der Waals surface area contributed by atoms with E-state index in [4.69, 9.17) is 23.2 Å². The molecule has 0 bridgehead atoms. The van der Waals surface area contributed by atoms with Gasteiger partial charge in [0.05, 0.1) is 21.1 Å². The molecule has 2 heterocycles. The summed E-state index contributed by atoms with van der Waals surface area (Å²) in [6, 6.07) is 1.84. The van der Waals surface area contributed by atoms with Gasteiger partial charge in [0.15, 0.2) is 0 Å². The molecular weight excluding hydrogens is 183 g/mol. The second kappa shape index (κ2) is 2.40. The lowest BCUT2D eigenvalue weighted by Gasteiger charge is -1.94. The van der Waals surface area contributed by atoms with Crippen molar-refractivity contribution in [3.63, 3.8) is 0 Å². The molecule has 2 rings (SSSR count). The van der Waals surface area contributed by atoms with Gasteiger partial charge in [-0.2, -0.15) is 0 Å². The number of nitrogens with zero attached hydrogens (tertiary/aromatic N) is 1. The number of halogens is 2. The molecule has 11 heavy (non-hydrogen) atoms. The predicted molar refractivity (Wildman–Crippen MR) is 46.1 cm³/mol. The largest absolute Gasteiger partial charge is 0.359 e. The zero-order valence-corrected chi connectivity index (χ0v) is 6.95. The molecular formula is C7H4Cl2N2. The van der Waals surface area contributed by atoms with Crippen LogP contribution in [0.2, 0.25) is 10.0 Å². The zero-order valence-electron chi connectivity index (χ0n) is 5.44. The van der Waals surface area contributed by atoms with Gasteiger partial charge in [-0.3, -0.25) is 4.98 Å². The monoisotopic (exact) mass is 186 g/mol. The summed E-state index contributed by atoms with van der Waals surface area (Å²) >= 11 is 11.6. The number of H-pyrrole nitrogens is 1. The molecule has 0 unspecified atom stereocenters. The summed E-state index contributed by atoms with van der Waals surface area (Å²) < 4.78 is 0. The quantitative estimate of drug-likeness (QED) is 0.674. The molecule has 56 valence electrons. The van der Waals surface area contributed by atoms with Crippen molar-refractivity contribution in [2.45, 2.75) is 0 Å². The summed E-state index contributed by atoms with van der Waals surface area (Å²) in [7, 11) is 0. The van der Waals surface area contributed by atoms with Crippen molar-refractivity contribution in [3.8, 4) is 0 Å². The van der Waals surface area contributed by atoms with Gasteiger partial charge < -0.3 is 4.98 Å². The third kappa shape index (κ3) is 0.988. The molecule has 2 aromatic heterocycles. The summed E-state index contributed by atoms with van der Waals surface area (Å²) in [6.45, 7) is 0. The highest BCUT2D eigenvalue weighted by molar-refractivity contribution is 6.44. The number of hydrogen-bond acceptors (Lipinski definition) is 1. The number of aromatic nitrogens is 2. The van der Waals surface area contributed by atoms with Crippen LogP contribution in [0.3, 0.4) is 0 Å². The first-order valence-corrected chi connectivity index (χ1v) is 3.82. The number of hydrogen-bond donors (Lipinski definition) is 1. The lowest BCUT2D eigenvalue weighted by atomic mass is 10.4. The van der Waals surface area contributed by atoms with Crippen molar-refractivity contribution in [3.05, 3.63) is 28.5 Å². The van der Waals surface area contributed by atoms with Crippen LogP contribution in [0.4, 0.5) is 0 Å². The predicted octanol–water partition coefficient (Wildman–Crippen LogP) is 2.87. The van der Waals surface area contributed by atoms with E-state index < -0.39 is 0 Å². The fourth-order valence-corrected chi connectivity index (χ4v) is 1.29. The van der Waals surface area contributed by atoms with E-state index >= 15 is 0 Å². The summed E-state index contributed by atoms with van der Waals surface area (Å²) in [6.07, 6.45) is 3.32. The molecule has 0 saturated heterocycles. The number of aromatic amines is 1. The average Bonchev–Trinajstić information content (AvgIpc) is 2.45. The van der Waals surface area contributed by atoms with Crippen LogP contribution in [0, 0.1) is 0 Å². The fourth-order valence-electron chi connectivity index (χ4n) is 0.947. The highest BCUT2D eigenvalue weighted by Crippen LogP contribution is 2.27. The van der Waals surface area contributed by atoms with Crippen molar-refractivity contribution in [1.29, 1.82) is 0 Å². The molecule has 4 heteroatoms. The highest BCUT2D eigenvalue weighted by atomic mass is 35.5. The summed E-state index contributed by atoms with van der Waals surface area (Å²) in [5.41, 5.74) is 1.62. The van der Waals surface area contributed by atoms with Crippen LogP contribution >= 0.6 is 23.2 Å². The maximum Gasteiger partial charge on any atom is 0.0895 e. The first-order chi connectivity index (χ1) is 5.29. The first-order valence-electron chi connectivity index (χ1n) is 3.06. The molecule has 0 aliphatic rings. The van der Waals surface area contributed by atoms with Crippen LogP contribution in [-0.2, 0) is 0 Å². The van der Waals surface area contributed by atoms with Gasteiger partial charge >= 0.3 is 0 Å². The van der Waals surface area contributed by atoms with E-state index in [2.05, 4.69) is 9.97 Å². The van der Waals surface area contributed by atoms with Crippen molar-refractivity contribution in [2.75, 3.05) is 0 Å². The summed E-state index contributed by atoms with van der Waals surface area (Å²) in [5, 5.41) is 1.00. The number of pyridine rings is 1. The van der Waals surface area contributed by atoms with E-state index in [9.17, 15) is 0 Å². The molecule has 1 N–H and O–H groups in total. The Morgan fingerprint density at radius 3 is 3.00 bits per heavy atom. The van der Waals surface area contributed by atoms with Crippen molar-refractivity contribution >= 4 is 34.2 Å². The van der Waals surface area contributed by atoms with E-state index in [-0.39, 0.29) is 0 Å². The van der Waals surface area contributed by atoms with Crippen LogP contribution in [0.15, 0.2) is 18.5 Å². The van der Waals surface area contributed by atoms with E-state index in [1.54, 1.807) is 12.4 Å². The SMILES string of the molecule is Clc1cnc2cc[nH]c2c1Cl. The Balaban J connectivity index is 2.93. The molecule has 2 nitrogen and oxygen atoms in total. The average molecular weight is 187 g/mol. The molecule has 0 saturated carbocycles. The van der Waals surface area contributed by atoms with Crippen LogP contribution in [0.5, 0.6) is 0 Å². The molecule has 0 radical (unpaired) electrons. The Kier molecular flexibility index (Phi) is 1.51. The molecule has 0 atom stereocenters. The zero-order chi connectivity index (χ0) is 7.84.